The number of hydrogen-bond donors (Lipinski definition) is 1. The van der Waals surface area contributed by atoms with Crippen LogP contribution in [0, 0.1) is 17.2 Å². The first kappa shape index (κ1) is 15.9. The lowest BCUT2D eigenvalue weighted by Crippen LogP contribution is -2.35. The summed E-state index contributed by atoms with van der Waals surface area (Å²) in [4.78, 5) is 23.1. The highest BCUT2D eigenvalue weighted by molar-refractivity contribution is 6.03. The number of amides is 1. The van der Waals surface area contributed by atoms with Crippen LogP contribution in [0.5, 0.6) is 0 Å². The van der Waals surface area contributed by atoms with Crippen molar-refractivity contribution in [1.82, 2.24) is 9.97 Å². The second-order valence-corrected chi connectivity index (χ2v) is 6.11. The summed E-state index contributed by atoms with van der Waals surface area (Å²) in [5.74, 6) is 1.02. The summed E-state index contributed by atoms with van der Waals surface area (Å²) >= 11 is 0. The maximum atomic E-state index is 12.3. The van der Waals surface area contributed by atoms with Gasteiger partial charge in [-0.1, -0.05) is 13.0 Å². The average molecular weight is 321 g/mol. The van der Waals surface area contributed by atoms with Gasteiger partial charge in [-0.05, 0) is 37.0 Å². The van der Waals surface area contributed by atoms with Gasteiger partial charge in [0, 0.05) is 31.2 Å². The smallest absolute Gasteiger partial charge is 0.258 e. The fourth-order valence-electron chi connectivity index (χ4n) is 2.84. The van der Waals surface area contributed by atoms with Crippen molar-refractivity contribution in [2.45, 2.75) is 19.8 Å². The summed E-state index contributed by atoms with van der Waals surface area (Å²) in [7, 11) is 0. The predicted octanol–water partition coefficient (Wildman–Crippen LogP) is 2.84. The van der Waals surface area contributed by atoms with E-state index in [2.05, 4.69) is 27.1 Å². The van der Waals surface area contributed by atoms with Crippen molar-refractivity contribution >= 4 is 17.5 Å². The van der Waals surface area contributed by atoms with Crippen LogP contribution in [0.25, 0.3) is 0 Å². The van der Waals surface area contributed by atoms with Crippen LogP contribution in [0.4, 0.5) is 11.6 Å². The lowest BCUT2D eigenvalue weighted by Gasteiger charge is -2.30. The molecule has 1 saturated heterocycles. The van der Waals surface area contributed by atoms with Gasteiger partial charge in [-0.25, -0.2) is 9.97 Å². The average Bonchev–Trinajstić information content (AvgIpc) is 2.62. The molecule has 1 aliphatic rings. The molecule has 1 aromatic carbocycles. The van der Waals surface area contributed by atoms with Gasteiger partial charge < -0.3 is 10.2 Å². The molecule has 6 heteroatoms. The van der Waals surface area contributed by atoms with Gasteiger partial charge in [0.25, 0.3) is 5.91 Å². The van der Waals surface area contributed by atoms with Crippen molar-refractivity contribution in [1.29, 1.82) is 5.26 Å². The standard InChI is InChI=1S/C18H19N5O/c1-13-4-3-7-23(12-13)18-20-10-15(11-21-18)17(24)22-16-6-2-5-14(8-16)9-19/h2,5-6,8,10-11,13H,3-4,7,12H2,1H3,(H,22,24). The zero-order valence-corrected chi connectivity index (χ0v) is 13.6. The molecule has 2 heterocycles. The summed E-state index contributed by atoms with van der Waals surface area (Å²) in [6.45, 7) is 4.13. The third kappa shape index (κ3) is 3.69. The van der Waals surface area contributed by atoms with E-state index in [1.807, 2.05) is 6.07 Å². The van der Waals surface area contributed by atoms with E-state index in [0.29, 0.717) is 28.7 Å². The van der Waals surface area contributed by atoms with Crippen molar-refractivity contribution in [3.05, 3.63) is 47.8 Å². The minimum Gasteiger partial charge on any atom is -0.341 e. The number of anilines is 2. The van der Waals surface area contributed by atoms with Crippen molar-refractivity contribution < 1.29 is 4.79 Å². The van der Waals surface area contributed by atoms with Gasteiger partial charge in [0.05, 0.1) is 17.2 Å². The number of rotatable bonds is 3. The minimum atomic E-state index is -0.288. The summed E-state index contributed by atoms with van der Waals surface area (Å²) in [5.41, 5.74) is 1.47. The summed E-state index contributed by atoms with van der Waals surface area (Å²) in [6, 6.07) is 8.83. The highest BCUT2D eigenvalue weighted by atomic mass is 16.1. The molecule has 0 spiro atoms. The maximum absolute atomic E-state index is 12.3. The van der Waals surface area contributed by atoms with E-state index < -0.39 is 0 Å². The van der Waals surface area contributed by atoms with Crippen molar-refractivity contribution in [3.8, 4) is 6.07 Å². The Bertz CT molecular complexity index is 766. The van der Waals surface area contributed by atoms with E-state index in [0.717, 1.165) is 19.5 Å². The number of nitrogens with one attached hydrogen (secondary N) is 1. The van der Waals surface area contributed by atoms with Crippen LogP contribution >= 0.6 is 0 Å². The zero-order chi connectivity index (χ0) is 16.9. The highest BCUT2D eigenvalue weighted by Crippen LogP contribution is 2.19. The van der Waals surface area contributed by atoms with Gasteiger partial charge in [-0.15, -0.1) is 0 Å². The molecule has 1 N–H and O–H groups in total. The molecule has 1 atom stereocenters. The number of carbonyl (C=O) groups excluding carboxylic acids is 1. The van der Waals surface area contributed by atoms with E-state index in [-0.39, 0.29) is 5.91 Å². The number of benzene rings is 1. The summed E-state index contributed by atoms with van der Waals surface area (Å²) in [5, 5.41) is 11.7. The van der Waals surface area contributed by atoms with Gasteiger partial charge in [0.15, 0.2) is 0 Å². The Morgan fingerprint density at radius 1 is 1.38 bits per heavy atom. The van der Waals surface area contributed by atoms with Crippen LogP contribution in [0.1, 0.15) is 35.7 Å². The Kier molecular flexibility index (Phi) is 4.71. The molecular weight excluding hydrogens is 302 g/mol. The molecule has 24 heavy (non-hydrogen) atoms. The monoisotopic (exact) mass is 321 g/mol. The normalized spacial score (nSPS) is 17.2. The number of carbonyl (C=O) groups is 1. The largest absolute Gasteiger partial charge is 0.341 e. The van der Waals surface area contributed by atoms with Gasteiger partial charge in [0.2, 0.25) is 5.95 Å². The van der Waals surface area contributed by atoms with E-state index in [9.17, 15) is 4.79 Å². The van der Waals surface area contributed by atoms with Gasteiger partial charge >= 0.3 is 0 Å². The first-order valence-corrected chi connectivity index (χ1v) is 8.04. The molecule has 1 aromatic heterocycles. The molecule has 0 saturated carbocycles. The molecule has 0 bridgehead atoms. The fourth-order valence-corrected chi connectivity index (χ4v) is 2.84. The Hall–Kier alpha value is -2.94. The maximum Gasteiger partial charge on any atom is 0.258 e. The van der Waals surface area contributed by atoms with Crippen LogP contribution in [0.2, 0.25) is 0 Å². The van der Waals surface area contributed by atoms with Crippen molar-refractivity contribution in [2.75, 3.05) is 23.3 Å². The van der Waals surface area contributed by atoms with Crippen molar-refractivity contribution in [2.24, 2.45) is 5.92 Å². The lowest BCUT2D eigenvalue weighted by atomic mass is 10.0. The predicted molar refractivity (Wildman–Crippen MR) is 91.8 cm³/mol. The first-order chi connectivity index (χ1) is 11.7. The quantitative estimate of drug-likeness (QED) is 0.940. The molecule has 0 aliphatic carbocycles. The molecular formula is C18H19N5O. The van der Waals surface area contributed by atoms with Gasteiger partial charge in [-0.3, -0.25) is 4.79 Å². The number of aromatic nitrogens is 2. The lowest BCUT2D eigenvalue weighted by molar-refractivity contribution is 0.102. The number of nitrogens with zero attached hydrogens (tertiary/aromatic N) is 4. The Labute approximate surface area is 141 Å². The molecule has 6 nitrogen and oxygen atoms in total. The third-order valence-corrected chi connectivity index (χ3v) is 4.09. The molecule has 1 amide bonds. The molecule has 3 rings (SSSR count). The summed E-state index contributed by atoms with van der Waals surface area (Å²) < 4.78 is 0. The van der Waals surface area contributed by atoms with E-state index in [4.69, 9.17) is 5.26 Å². The summed E-state index contributed by atoms with van der Waals surface area (Å²) in [6.07, 6.45) is 5.47. The van der Waals surface area contributed by atoms with Crippen molar-refractivity contribution in [3.63, 3.8) is 0 Å². The second kappa shape index (κ2) is 7.09. The van der Waals surface area contributed by atoms with E-state index in [1.54, 1.807) is 36.7 Å². The minimum absolute atomic E-state index is 0.288. The Morgan fingerprint density at radius 3 is 2.88 bits per heavy atom. The topological polar surface area (TPSA) is 81.9 Å². The molecule has 122 valence electrons. The first-order valence-electron chi connectivity index (χ1n) is 8.04. The van der Waals surface area contributed by atoms with E-state index >= 15 is 0 Å². The zero-order valence-electron chi connectivity index (χ0n) is 13.6. The van der Waals surface area contributed by atoms with Gasteiger partial charge in [0.1, 0.15) is 0 Å². The van der Waals surface area contributed by atoms with Gasteiger partial charge in [-0.2, -0.15) is 5.26 Å². The number of hydrogen-bond acceptors (Lipinski definition) is 5. The third-order valence-electron chi connectivity index (χ3n) is 4.09. The highest BCUT2D eigenvalue weighted by Gasteiger charge is 2.19. The Morgan fingerprint density at radius 2 is 2.17 bits per heavy atom. The molecule has 2 aromatic rings. The van der Waals surface area contributed by atoms with Crippen LogP contribution in [0.15, 0.2) is 36.7 Å². The Balaban J connectivity index is 1.68. The molecule has 0 radical (unpaired) electrons. The van der Waals surface area contributed by atoms with Crippen LogP contribution in [-0.4, -0.2) is 29.0 Å². The fraction of sp³-hybridized carbons (Fsp3) is 0.333. The SMILES string of the molecule is CC1CCCN(c2ncc(C(=O)Nc3cccc(C#N)c3)cn2)C1. The number of nitriles is 1. The van der Waals surface area contributed by atoms with Crippen LogP contribution in [-0.2, 0) is 0 Å². The number of piperidine rings is 1. The van der Waals surface area contributed by atoms with Crippen LogP contribution < -0.4 is 10.2 Å². The van der Waals surface area contributed by atoms with Crippen LogP contribution in [0.3, 0.4) is 0 Å². The molecule has 1 unspecified atom stereocenters. The molecule has 1 aliphatic heterocycles. The molecule has 1 fully saturated rings. The van der Waals surface area contributed by atoms with E-state index in [1.165, 1.54) is 6.42 Å². The second-order valence-electron chi connectivity index (χ2n) is 6.11.